The molecule has 4 N–H and O–H groups in total. The van der Waals surface area contributed by atoms with Crippen LogP contribution in [0.5, 0.6) is 0 Å². The van der Waals surface area contributed by atoms with E-state index in [0.717, 1.165) is 10.9 Å². The average molecular weight is 258 g/mol. The number of carbonyl (C=O) groups excluding carboxylic acids is 1. The second-order valence-corrected chi connectivity index (χ2v) is 4.65. The number of fused-ring (bicyclic) bond motifs is 1. The number of hydrogen-bond acceptors (Lipinski definition) is 3. The first-order valence-corrected chi connectivity index (χ1v) is 6.25. The quantitative estimate of drug-likeness (QED) is 0.768. The van der Waals surface area contributed by atoms with E-state index >= 15 is 0 Å². The normalized spacial score (nSPS) is 12.4. The first kappa shape index (κ1) is 13.5. The summed E-state index contributed by atoms with van der Waals surface area (Å²) >= 11 is 0. The number of carbonyl (C=O) groups is 1. The fourth-order valence-corrected chi connectivity index (χ4v) is 1.94. The van der Waals surface area contributed by atoms with Crippen molar-refractivity contribution in [1.29, 1.82) is 0 Å². The summed E-state index contributed by atoms with van der Waals surface area (Å²) < 4.78 is 0. The van der Waals surface area contributed by atoms with E-state index < -0.39 is 12.0 Å². The van der Waals surface area contributed by atoms with Crippen molar-refractivity contribution in [2.24, 2.45) is 5.73 Å². The van der Waals surface area contributed by atoms with Gasteiger partial charge in [-0.25, -0.2) is 0 Å². The van der Waals surface area contributed by atoms with E-state index in [-0.39, 0.29) is 6.54 Å². The van der Waals surface area contributed by atoms with E-state index in [1.54, 1.807) is 0 Å². The summed E-state index contributed by atoms with van der Waals surface area (Å²) in [6.45, 7) is 2.38. The van der Waals surface area contributed by atoms with Gasteiger partial charge in [-0.2, -0.15) is 0 Å². The van der Waals surface area contributed by atoms with E-state index in [9.17, 15) is 9.90 Å². The summed E-state index contributed by atoms with van der Waals surface area (Å²) in [7, 11) is 0. The summed E-state index contributed by atoms with van der Waals surface area (Å²) in [6, 6.07) is 12.3. The molecule has 0 aliphatic heterocycles. The molecule has 2 aromatic carbocycles. The summed E-state index contributed by atoms with van der Waals surface area (Å²) in [5.41, 5.74) is 7.44. The fraction of sp³-hybridized carbons (Fsp3) is 0.267. The lowest BCUT2D eigenvalue weighted by atomic mass is 10.0. The number of amides is 1. The highest BCUT2D eigenvalue weighted by Crippen LogP contribution is 2.17. The number of aryl methyl sites for hydroxylation is 1. The van der Waals surface area contributed by atoms with Gasteiger partial charge in [0, 0.05) is 13.1 Å². The highest BCUT2D eigenvalue weighted by Gasteiger charge is 2.11. The maximum Gasteiger partial charge on any atom is 0.250 e. The molecule has 0 saturated carbocycles. The predicted molar refractivity (Wildman–Crippen MR) is 75.6 cm³/mol. The van der Waals surface area contributed by atoms with Gasteiger partial charge in [0.1, 0.15) is 6.10 Å². The molecular weight excluding hydrogens is 240 g/mol. The molecule has 1 amide bonds. The fourth-order valence-electron chi connectivity index (χ4n) is 1.94. The van der Waals surface area contributed by atoms with E-state index in [2.05, 4.69) is 30.4 Å². The molecule has 0 fully saturated rings. The van der Waals surface area contributed by atoms with Crippen molar-refractivity contribution in [3.63, 3.8) is 0 Å². The van der Waals surface area contributed by atoms with Crippen LogP contribution in [-0.4, -0.2) is 23.7 Å². The summed E-state index contributed by atoms with van der Waals surface area (Å²) in [4.78, 5) is 11.4. The van der Waals surface area contributed by atoms with Crippen molar-refractivity contribution in [1.82, 2.24) is 5.32 Å². The van der Waals surface area contributed by atoms with Crippen LogP contribution in [-0.2, 0) is 11.3 Å². The lowest BCUT2D eigenvalue weighted by Gasteiger charge is -2.10. The van der Waals surface area contributed by atoms with Crippen molar-refractivity contribution in [3.8, 4) is 0 Å². The summed E-state index contributed by atoms with van der Waals surface area (Å²) in [5, 5.41) is 14.2. The third-order valence-electron chi connectivity index (χ3n) is 3.05. The lowest BCUT2D eigenvalue weighted by Crippen LogP contribution is -2.38. The number of nitrogens with one attached hydrogen (secondary N) is 1. The first-order chi connectivity index (χ1) is 9.10. The molecule has 2 rings (SSSR count). The van der Waals surface area contributed by atoms with Crippen LogP contribution in [0.4, 0.5) is 0 Å². The number of rotatable bonds is 4. The minimum Gasteiger partial charge on any atom is -0.382 e. The van der Waals surface area contributed by atoms with Gasteiger partial charge in [-0.05, 0) is 29.3 Å². The van der Waals surface area contributed by atoms with Gasteiger partial charge in [0.25, 0.3) is 0 Å². The average Bonchev–Trinajstić information content (AvgIpc) is 2.43. The molecule has 0 aliphatic rings. The number of nitrogens with two attached hydrogens (primary N) is 1. The topological polar surface area (TPSA) is 75.3 Å². The van der Waals surface area contributed by atoms with Crippen LogP contribution in [0.25, 0.3) is 10.8 Å². The molecular formula is C15H18N2O2. The zero-order valence-corrected chi connectivity index (χ0v) is 10.9. The minimum atomic E-state index is -1.14. The van der Waals surface area contributed by atoms with Crippen LogP contribution in [0.3, 0.4) is 0 Å². The molecule has 100 valence electrons. The van der Waals surface area contributed by atoms with Gasteiger partial charge in [-0.1, -0.05) is 35.9 Å². The predicted octanol–water partition coefficient (Wildman–Crippen LogP) is 1.08. The molecule has 4 heteroatoms. The Hall–Kier alpha value is -1.91. The number of hydrogen-bond donors (Lipinski definition) is 3. The maximum atomic E-state index is 11.4. The summed E-state index contributed by atoms with van der Waals surface area (Å²) in [5.74, 6) is -0.438. The molecule has 19 heavy (non-hydrogen) atoms. The van der Waals surface area contributed by atoms with Gasteiger partial charge in [-0.15, -0.1) is 0 Å². The Labute approximate surface area is 112 Å². The molecule has 1 atom stereocenters. The van der Waals surface area contributed by atoms with Crippen LogP contribution in [0.2, 0.25) is 0 Å². The molecule has 0 heterocycles. The maximum absolute atomic E-state index is 11.4. The van der Waals surface area contributed by atoms with Crippen molar-refractivity contribution in [2.75, 3.05) is 6.54 Å². The Morgan fingerprint density at radius 2 is 1.95 bits per heavy atom. The van der Waals surface area contributed by atoms with E-state index in [4.69, 9.17) is 5.73 Å². The van der Waals surface area contributed by atoms with Gasteiger partial charge in [-0.3, -0.25) is 4.79 Å². The van der Waals surface area contributed by atoms with Crippen molar-refractivity contribution < 1.29 is 9.90 Å². The second kappa shape index (κ2) is 5.82. The Morgan fingerprint density at radius 1 is 1.26 bits per heavy atom. The van der Waals surface area contributed by atoms with E-state index in [1.807, 2.05) is 18.2 Å². The highest BCUT2D eigenvalue weighted by atomic mass is 16.3. The van der Waals surface area contributed by atoms with E-state index in [0.29, 0.717) is 6.54 Å². The molecule has 2 aromatic rings. The van der Waals surface area contributed by atoms with E-state index in [1.165, 1.54) is 10.9 Å². The SMILES string of the molecule is Cc1ccc2cc(CNC(=O)C(O)CN)ccc2c1. The van der Waals surface area contributed by atoms with Gasteiger partial charge in [0.05, 0.1) is 0 Å². The van der Waals surface area contributed by atoms with Crippen molar-refractivity contribution in [3.05, 3.63) is 47.5 Å². The molecule has 0 spiro atoms. The summed E-state index contributed by atoms with van der Waals surface area (Å²) in [6.07, 6.45) is -1.14. The zero-order valence-electron chi connectivity index (χ0n) is 10.9. The largest absolute Gasteiger partial charge is 0.382 e. The second-order valence-electron chi connectivity index (χ2n) is 4.65. The zero-order chi connectivity index (χ0) is 13.8. The van der Waals surface area contributed by atoms with Crippen LogP contribution in [0, 0.1) is 6.92 Å². The van der Waals surface area contributed by atoms with Gasteiger partial charge in [0.2, 0.25) is 5.91 Å². The molecule has 0 aromatic heterocycles. The van der Waals surface area contributed by atoms with Crippen molar-refractivity contribution in [2.45, 2.75) is 19.6 Å². The highest BCUT2D eigenvalue weighted by molar-refractivity contribution is 5.84. The van der Waals surface area contributed by atoms with Gasteiger partial charge in [0.15, 0.2) is 0 Å². The smallest absolute Gasteiger partial charge is 0.250 e. The van der Waals surface area contributed by atoms with Gasteiger partial charge < -0.3 is 16.2 Å². The Balaban J connectivity index is 2.09. The standard InChI is InChI=1S/C15H18N2O2/c1-10-2-4-13-7-11(3-5-12(13)6-10)9-17-15(19)14(18)8-16/h2-7,14,18H,8-9,16H2,1H3,(H,17,19). The van der Waals surface area contributed by atoms with Crippen molar-refractivity contribution >= 4 is 16.7 Å². The monoisotopic (exact) mass is 258 g/mol. The Morgan fingerprint density at radius 3 is 2.68 bits per heavy atom. The third-order valence-corrected chi connectivity index (χ3v) is 3.05. The molecule has 0 bridgehead atoms. The Kier molecular flexibility index (Phi) is 4.14. The minimum absolute atomic E-state index is 0.0666. The molecule has 1 unspecified atom stereocenters. The van der Waals surface area contributed by atoms with Crippen LogP contribution >= 0.6 is 0 Å². The molecule has 4 nitrogen and oxygen atoms in total. The first-order valence-electron chi connectivity index (χ1n) is 6.25. The molecule has 0 aliphatic carbocycles. The number of benzene rings is 2. The number of aliphatic hydroxyl groups excluding tert-OH is 1. The van der Waals surface area contributed by atoms with Crippen LogP contribution in [0.1, 0.15) is 11.1 Å². The Bertz CT molecular complexity index is 596. The molecule has 0 radical (unpaired) electrons. The van der Waals surface area contributed by atoms with Crippen LogP contribution in [0.15, 0.2) is 36.4 Å². The number of aliphatic hydroxyl groups is 1. The van der Waals surface area contributed by atoms with Gasteiger partial charge >= 0.3 is 0 Å². The molecule has 0 saturated heterocycles. The van der Waals surface area contributed by atoms with Crippen LogP contribution < -0.4 is 11.1 Å². The third kappa shape index (κ3) is 3.30. The lowest BCUT2D eigenvalue weighted by molar-refractivity contribution is -0.128.